The van der Waals surface area contributed by atoms with Crippen molar-refractivity contribution in [3.8, 4) is 0 Å². The van der Waals surface area contributed by atoms with Gasteiger partial charge >= 0.3 is 12.1 Å². The molecule has 2 rings (SSSR count). The molecule has 1 aromatic rings. The van der Waals surface area contributed by atoms with E-state index in [1.54, 1.807) is 26.0 Å². The summed E-state index contributed by atoms with van der Waals surface area (Å²) in [5, 5.41) is 11.8. The van der Waals surface area contributed by atoms with Crippen LogP contribution in [-0.4, -0.2) is 47.1 Å². The molecule has 6 nitrogen and oxygen atoms in total. The molecule has 0 radical (unpaired) electrons. The number of alkyl halides is 3. The zero-order chi connectivity index (χ0) is 19.6. The summed E-state index contributed by atoms with van der Waals surface area (Å²) in [5.41, 5.74) is 1.99. The number of benzene rings is 1. The highest BCUT2D eigenvalue weighted by molar-refractivity contribution is 5.91. The Morgan fingerprint density at radius 2 is 1.85 bits per heavy atom. The number of nitrogens with zero attached hydrogens (tertiary/aromatic N) is 1. The highest BCUT2D eigenvalue weighted by Gasteiger charge is 2.41. The Hall–Kier alpha value is -2.58. The molecule has 142 valence electrons. The highest BCUT2D eigenvalue weighted by atomic mass is 19.4. The molecular weight excluding hydrogens is 353 g/mol. The van der Waals surface area contributed by atoms with Crippen LogP contribution in [0.1, 0.15) is 29.2 Å². The van der Waals surface area contributed by atoms with E-state index in [4.69, 9.17) is 0 Å². The van der Waals surface area contributed by atoms with Crippen LogP contribution in [0.3, 0.4) is 0 Å². The fourth-order valence-corrected chi connectivity index (χ4v) is 3.04. The molecule has 0 aliphatic carbocycles. The van der Waals surface area contributed by atoms with E-state index < -0.39 is 42.5 Å². The van der Waals surface area contributed by atoms with E-state index in [9.17, 15) is 32.7 Å². The molecule has 1 aliphatic heterocycles. The topological polar surface area (TPSA) is 86.7 Å². The average molecular weight is 372 g/mol. The largest absolute Gasteiger partial charge is 0.479 e. The number of aryl methyl sites for hydroxylation is 2. The number of nitrogens with one attached hydrogen (secondary N) is 1. The van der Waals surface area contributed by atoms with Gasteiger partial charge in [0.05, 0.1) is 5.92 Å². The summed E-state index contributed by atoms with van der Waals surface area (Å²) in [5.74, 6) is -3.84. The second-order valence-electron chi connectivity index (χ2n) is 6.49. The van der Waals surface area contributed by atoms with E-state index in [1.165, 1.54) is 0 Å². The fraction of sp³-hybridized carbons (Fsp3) is 0.471. The van der Waals surface area contributed by atoms with Gasteiger partial charge in [-0.25, -0.2) is 4.79 Å². The van der Waals surface area contributed by atoms with E-state index in [2.05, 4.69) is 5.32 Å². The minimum Gasteiger partial charge on any atom is -0.479 e. The summed E-state index contributed by atoms with van der Waals surface area (Å²) in [4.78, 5) is 36.1. The average Bonchev–Trinajstić information content (AvgIpc) is 2.82. The van der Waals surface area contributed by atoms with Crippen LogP contribution in [0, 0.1) is 19.8 Å². The van der Waals surface area contributed by atoms with Gasteiger partial charge in [-0.1, -0.05) is 29.3 Å². The molecule has 0 spiro atoms. The number of hydrogen-bond acceptors (Lipinski definition) is 3. The molecule has 9 heteroatoms. The predicted molar refractivity (Wildman–Crippen MR) is 85.2 cm³/mol. The first-order chi connectivity index (χ1) is 12.0. The summed E-state index contributed by atoms with van der Waals surface area (Å²) in [6.45, 7) is 1.75. The molecular formula is C17H19F3N2O4. The number of likely N-dealkylation sites (tertiary alicyclic amines) is 1. The first-order valence-electron chi connectivity index (χ1n) is 7.92. The van der Waals surface area contributed by atoms with Crippen LogP contribution in [0.25, 0.3) is 0 Å². The van der Waals surface area contributed by atoms with Crippen molar-refractivity contribution >= 4 is 17.8 Å². The number of halogens is 3. The van der Waals surface area contributed by atoms with Gasteiger partial charge in [0.15, 0.2) is 6.04 Å². The number of carboxylic acid groups (broad SMARTS) is 1. The lowest BCUT2D eigenvalue weighted by atomic mass is 10.00. The monoisotopic (exact) mass is 372 g/mol. The summed E-state index contributed by atoms with van der Waals surface area (Å²) < 4.78 is 37.3. The van der Waals surface area contributed by atoms with Crippen LogP contribution in [0.4, 0.5) is 13.2 Å². The number of aliphatic carboxylic acids is 1. The number of carbonyl (C=O) groups is 3. The molecule has 2 N–H and O–H groups in total. The lowest BCUT2D eigenvalue weighted by molar-refractivity contribution is -0.157. The molecule has 2 atom stereocenters. The molecule has 1 aliphatic rings. The molecule has 1 aromatic carbocycles. The normalized spacial score (nSPS) is 18.7. The Bertz CT molecular complexity index is 713. The maximum absolute atomic E-state index is 12.4. The number of amides is 2. The van der Waals surface area contributed by atoms with Gasteiger partial charge < -0.3 is 15.3 Å². The van der Waals surface area contributed by atoms with Gasteiger partial charge in [0.2, 0.25) is 11.8 Å². The summed E-state index contributed by atoms with van der Waals surface area (Å²) in [6.07, 6.45) is -4.93. The molecule has 0 bridgehead atoms. The van der Waals surface area contributed by atoms with Crippen LogP contribution in [0.5, 0.6) is 0 Å². The SMILES string of the molecule is Cc1cc(C)cc(C(NC(=O)C2CC(=O)N(CC(F)(F)F)C2)C(=O)O)c1. The number of carbonyl (C=O) groups excluding carboxylic acids is 2. The van der Waals surface area contributed by atoms with Crippen molar-refractivity contribution in [3.05, 3.63) is 34.9 Å². The molecule has 0 aromatic heterocycles. The molecule has 26 heavy (non-hydrogen) atoms. The third-order valence-electron chi connectivity index (χ3n) is 4.07. The Morgan fingerprint density at radius 3 is 2.35 bits per heavy atom. The molecule has 0 saturated carbocycles. The van der Waals surface area contributed by atoms with Gasteiger partial charge in [-0.3, -0.25) is 9.59 Å². The lowest BCUT2D eigenvalue weighted by Gasteiger charge is -2.20. The van der Waals surface area contributed by atoms with Crippen LogP contribution in [0.2, 0.25) is 0 Å². The molecule has 1 heterocycles. The zero-order valence-corrected chi connectivity index (χ0v) is 14.3. The van der Waals surface area contributed by atoms with Gasteiger partial charge in [-0.2, -0.15) is 13.2 Å². The number of carboxylic acids is 1. The zero-order valence-electron chi connectivity index (χ0n) is 14.3. The second-order valence-corrected chi connectivity index (χ2v) is 6.49. The Labute approximate surface area is 148 Å². The van der Waals surface area contributed by atoms with Crippen LogP contribution < -0.4 is 5.32 Å². The summed E-state index contributed by atoms with van der Waals surface area (Å²) >= 11 is 0. The lowest BCUT2D eigenvalue weighted by Crippen LogP contribution is -2.40. The minimum atomic E-state index is -4.55. The minimum absolute atomic E-state index is 0.361. The van der Waals surface area contributed by atoms with Crippen LogP contribution in [-0.2, 0) is 14.4 Å². The molecule has 2 unspecified atom stereocenters. The summed E-state index contributed by atoms with van der Waals surface area (Å²) in [7, 11) is 0. The third kappa shape index (κ3) is 4.96. The van der Waals surface area contributed by atoms with E-state index in [1.807, 2.05) is 6.07 Å². The van der Waals surface area contributed by atoms with E-state index in [0.29, 0.717) is 10.5 Å². The fourth-order valence-electron chi connectivity index (χ4n) is 3.04. The van der Waals surface area contributed by atoms with Crippen molar-refractivity contribution in [2.45, 2.75) is 32.5 Å². The van der Waals surface area contributed by atoms with Gasteiger partial charge in [0.25, 0.3) is 0 Å². The van der Waals surface area contributed by atoms with Gasteiger partial charge in [0.1, 0.15) is 6.54 Å². The smallest absolute Gasteiger partial charge is 0.406 e. The van der Waals surface area contributed by atoms with Crippen LogP contribution >= 0.6 is 0 Å². The Kier molecular flexibility index (Phi) is 5.58. The van der Waals surface area contributed by atoms with Gasteiger partial charge in [-0.05, 0) is 19.4 Å². The molecule has 1 saturated heterocycles. The number of hydrogen-bond donors (Lipinski definition) is 2. The van der Waals surface area contributed by atoms with Gasteiger partial charge in [-0.15, -0.1) is 0 Å². The first kappa shape index (κ1) is 19.7. The maximum atomic E-state index is 12.4. The highest BCUT2D eigenvalue weighted by Crippen LogP contribution is 2.25. The van der Waals surface area contributed by atoms with E-state index >= 15 is 0 Å². The number of rotatable bonds is 5. The van der Waals surface area contributed by atoms with Crippen molar-refractivity contribution in [2.75, 3.05) is 13.1 Å². The van der Waals surface area contributed by atoms with Gasteiger partial charge in [0, 0.05) is 13.0 Å². The van der Waals surface area contributed by atoms with E-state index in [0.717, 1.165) is 11.1 Å². The standard InChI is InChI=1S/C17H19F3N2O4/c1-9-3-10(2)5-11(4-9)14(16(25)26)21-15(24)12-6-13(23)22(7-12)8-17(18,19)20/h3-5,12,14H,6-8H2,1-2H3,(H,21,24)(H,25,26). The van der Waals surface area contributed by atoms with Crippen LogP contribution in [0.15, 0.2) is 18.2 Å². The van der Waals surface area contributed by atoms with Crippen molar-refractivity contribution in [3.63, 3.8) is 0 Å². The van der Waals surface area contributed by atoms with Crippen molar-refractivity contribution in [2.24, 2.45) is 5.92 Å². The Morgan fingerprint density at radius 1 is 1.27 bits per heavy atom. The molecule has 2 amide bonds. The first-order valence-corrected chi connectivity index (χ1v) is 7.92. The van der Waals surface area contributed by atoms with E-state index in [-0.39, 0.29) is 13.0 Å². The second kappa shape index (κ2) is 7.35. The van der Waals surface area contributed by atoms with Crippen molar-refractivity contribution in [1.29, 1.82) is 0 Å². The Balaban J connectivity index is 2.11. The summed E-state index contributed by atoms with van der Waals surface area (Å²) in [6, 6.07) is 3.73. The third-order valence-corrected chi connectivity index (χ3v) is 4.07. The quantitative estimate of drug-likeness (QED) is 0.827. The van der Waals surface area contributed by atoms with Crippen molar-refractivity contribution < 1.29 is 32.7 Å². The molecule has 1 fully saturated rings. The predicted octanol–water partition coefficient (Wildman–Crippen LogP) is 1.96. The maximum Gasteiger partial charge on any atom is 0.406 e. The van der Waals surface area contributed by atoms with Crippen molar-refractivity contribution in [1.82, 2.24) is 10.2 Å².